The van der Waals surface area contributed by atoms with E-state index in [2.05, 4.69) is 20.6 Å². The largest absolute Gasteiger partial charge is 0.486 e. The Labute approximate surface area is 151 Å². The first-order chi connectivity index (χ1) is 12.7. The van der Waals surface area contributed by atoms with Gasteiger partial charge in [-0.3, -0.25) is 0 Å². The van der Waals surface area contributed by atoms with Crippen molar-refractivity contribution in [2.24, 2.45) is 0 Å². The van der Waals surface area contributed by atoms with Crippen molar-refractivity contribution in [1.82, 2.24) is 9.97 Å². The lowest BCUT2D eigenvalue weighted by atomic mass is 10.2. The molecule has 3 aromatic rings. The van der Waals surface area contributed by atoms with Crippen molar-refractivity contribution >= 4 is 28.7 Å². The topological polar surface area (TPSA) is 94.3 Å². The normalized spacial score (nSPS) is 12.5. The Morgan fingerprint density at radius 1 is 0.923 bits per heavy atom. The number of para-hydroxylation sites is 1. The third-order valence-corrected chi connectivity index (χ3v) is 4.09. The smallest absolute Gasteiger partial charge is 0.163 e. The predicted octanol–water partition coefficient (Wildman–Crippen LogP) is 3.63. The molecule has 0 aliphatic carbocycles. The third kappa shape index (κ3) is 3.19. The Morgan fingerprint density at radius 2 is 1.65 bits per heavy atom. The molecule has 0 bridgehead atoms. The van der Waals surface area contributed by atoms with E-state index in [0.29, 0.717) is 36.3 Å². The van der Waals surface area contributed by atoms with Crippen LogP contribution in [0.4, 0.5) is 28.7 Å². The predicted molar refractivity (Wildman–Crippen MR) is 102 cm³/mol. The van der Waals surface area contributed by atoms with E-state index in [-0.39, 0.29) is 0 Å². The minimum absolute atomic E-state index is 0.436. The number of ether oxygens (including phenoxy) is 2. The summed E-state index contributed by atoms with van der Waals surface area (Å²) >= 11 is 0. The standard InChI is InChI=1S/C19H19N5O2/c1-12-4-2-3-5-14(12)24-19-17(20)18(21-11-22-19)23-13-6-7-15-16(10-13)26-9-8-25-15/h2-7,10-11H,8-9,20H2,1H3,(H2,21,22,23,24). The number of nitrogens with two attached hydrogens (primary N) is 1. The van der Waals surface area contributed by atoms with E-state index >= 15 is 0 Å². The molecule has 1 aromatic heterocycles. The molecule has 0 amide bonds. The molecule has 1 aliphatic heterocycles. The maximum atomic E-state index is 6.26. The summed E-state index contributed by atoms with van der Waals surface area (Å²) in [6, 6.07) is 13.6. The number of benzene rings is 2. The van der Waals surface area contributed by atoms with Crippen molar-refractivity contribution in [1.29, 1.82) is 0 Å². The van der Waals surface area contributed by atoms with Crippen LogP contribution in [0.1, 0.15) is 5.56 Å². The molecule has 4 rings (SSSR count). The second-order valence-corrected chi connectivity index (χ2v) is 5.91. The van der Waals surface area contributed by atoms with Gasteiger partial charge >= 0.3 is 0 Å². The van der Waals surface area contributed by atoms with Gasteiger partial charge in [0.2, 0.25) is 0 Å². The van der Waals surface area contributed by atoms with Crippen LogP contribution in [0.3, 0.4) is 0 Å². The van der Waals surface area contributed by atoms with Gasteiger partial charge in [-0.05, 0) is 30.7 Å². The molecule has 0 fully saturated rings. The van der Waals surface area contributed by atoms with E-state index in [1.807, 2.05) is 49.4 Å². The number of hydrogen-bond donors (Lipinski definition) is 3. The monoisotopic (exact) mass is 349 g/mol. The summed E-state index contributed by atoms with van der Waals surface area (Å²) in [7, 11) is 0. The highest BCUT2D eigenvalue weighted by molar-refractivity contribution is 5.81. The van der Waals surface area contributed by atoms with E-state index < -0.39 is 0 Å². The Bertz CT molecular complexity index is 945. The van der Waals surface area contributed by atoms with Crippen molar-refractivity contribution in [2.75, 3.05) is 29.6 Å². The molecule has 7 heteroatoms. The minimum Gasteiger partial charge on any atom is -0.486 e. The number of fused-ring (bicyclic) bond motifs is 1. The lowest BCUT2D eigenvalue weighted by molar-refractivity contribution is 0.171. The van der Waals surface area contributed by atoms with Gasteiger partial charge in [0.25, 0.3) is 0 Å². The van der Waals surface area contributed by atoms with Gasteiger partial charge in [0, 0.05) is 17.4 Å². The van der Waals surface area contributed by atoms with Crippen molar-refractivity contribution < 1.29 is 9.47 Å². The molecule has 0 unspecified atom stereocenters. The Balaban J connectivity index is 1.59. The molecule has 0 radical (unpaired) electrons. The second-order valence-electron chi connectivity index (χ2n) is 5.91. The quantitative estimate of drug-likeness (QED) is 0.662. The average molecular weight is 349 g/mol. The Hall–Kier alpha value is -3.48. The van der Waals surface area contributed by atoms with Gasteiger partial charge in [-0.2, -0.15) is 0 Å². The molecule has 7 nitrogen and oxygen atoms in total. The molecule has 2 heterocycles. The highest BCUT2D eigenvalue weighted by Crippen LogP contribution is 2.35. The molecular formula is C19H19N5O2. The number of aromatic nitrogens is 2. The van der Waals surface area contributed by atoms with E-state index in [4.69, 9.17) is 15.2 Å². The van der Waals surface area contributed by atoms with Crippen molar-refractivity contribution in [3.8, 4) is 11.5 Å². The highest BCUT2D eigenvalue weighted by atomic mass is 16.6. The Morgan fingerprint density at radius 3 is 2.46 bits per heavy atom. The Kier molecular flexibility index (Phi) is 4.18. The molecule has 4 N–H and O–H groups in total. The fourth-order valence-corrected chi connectivity index (χ4v) is 2.69. The van der Waals surface area contributed by atoms with Crippen LogP contribution in [0.5, 0.6) is 11.5 Å². The maximum absolute atomic E-state index is 6.26. The van der Waals surface area contributed by atoms with Crippen LogP contribution in [0, 0.1) is 6.92 Å². The number of nitrogen functional groups attached to an aromatic ring is 1. The summed E-state index contributed by atoms with van der Waals surface area (Å²) in [5.74, 6) is 2.51. The summed E-state index contributed by atoms with van der Waals surface area (Å²) < 4.78 is 11.1. The summed E-state index contributed by atoms with van der Waals surface area (Å²) in [6.07, 6.45) is 1.47. The number of nitrogens with zero attached hydrogens (tertiary/aromatic N) is 2. The lowest BCUT2D eigenvalue weighted by Gasteiger charge is -2.19. The van der Waals surface area contributed by atoms with Crippen LogP contribution in [-0.2, 0) is 0 Å². The van der Waals surface area contributed by atoms with Crippen LogP contribution < -0.4 is 25.8 Å². The third-order valence-electron chi connectivity index (χ3n) is 4.09. The van der Waals surface area contributed by atoms with E-state index in [1.54, 1.807) is 0 Å². The van der Waals surface area contributed by atoms with Gasteiger partial charge < -0.3 is 25.8 Å². The zero-order valence-electron chi connectivity index (χ0n) is 14.3. The number of nitrogens with one attached hydrogen (secondary N) is 2. The maximum Gasteiger partial charge on any atom is 0.163 e. The van der Waals surface area contributed by atoms with Gasteiger partial charge in [0.1, 0.15) is 25.2 Å². The summed E-state index contributed by atoms with van der Waals surface area (Å²) in [5.41, 5.74) is 9.55. The van der Waals surface area contributed by atoms with E-state index in [9.17, 15) is 0 Å². The van der Waals surface area contributed by atoms with Crippen molar-refractivity contribution in [3.05, 3.63) is 54.4 Å². The molecule has 0 saturated carbocycles. The molecule has 0 spiro atoms. The number of anilines is 5. The summed E-state index contributed by atoms with van der Waals surface area (Å²) in [5, 5.41) is 6.47. The van der Waals surface area contributed by atoms with Crippen molar-refractivity contribution in [2.45, 2.75) is 6.92 Å². The van der Waals surface area contributed by atoms with Crippen LogP contribution in [0.15, 0.2) is 48.8 Å². The number of hydrogen-bond acceptors (Lipinski definition) is 7. The minimum atomic E-state index is 0.436. The zero-order valence-corrected chi connectivity index (χ0v) is 14.3. The fourth-order valence-electron chi connectivity index (χ4n) is 2.69. The first kappa shape index (κ1) is 16.0. The van der Waals surface area contributed by atoms with Crippen LogP contribution in [0.2, 0.25) is 0 Å². The molecule has 0 atom stereocenters. The number of rotatable bonds is 4. The first-order valence-corrected chi connectivity index (χ1v) is 8.30. The molecular weight excluding hydrogens is 330 g/mol. The van der Waals surface area contributed by atoms with Gasteiger partial charge in [0.15, 0.2) is 23.1 Å². The van der Waals surface area contributed by atoms with Gasteiger partial charge in [0.05, 0.1) is 0 Å². The van der Waals surface area contributed by atoms with Crippen LogP contribution >= 0.6 is 0 Å². The molecule has 26 heavy (non-hydrogen) atoms. The SMILES string of the molecule is Cc1ccccc1Nc1ncnc(Nc2ccc3c(c2)OCCO3)c1N. The van der Waals surface area contributed by atoms with E-state index in [1.165, 1.54) is 6.33 Å². The van der Waals surface area contributed by atoms with Gasteiger partial charge in [-0.1, -0.05) is 18.2 Å². The molecule has 132 valence electrons. The van der Waals surface area contributed by atoms with Crippen molar-refractivity contribution in [3.63, 3.8) is 0 Å². The molecule has 2 aromatic carbocycles. The fraction of sp³-hybridized carbons (Fsp3) is 0.158. The number of aryl methyl sites for hydroxylation is 1. The molecule has 0 saturated heterocycles. The summed E-state index contributed by atoms with van der Waals surface area (Å²) in [6.45, 7) is 3.12. The van der Waals surface area contributed by atoms with Gasteiger partial charge in [-0.25, -0.2) is 9.97 Å². The lowest BCUT2D eigenvalue weighted by Crippen LogP contribution is -2.15. The first-order valence-electron chi connectivity index (χ1n) is 8.30. The second kappa shape index (κ2) is 6.79. The molecule has 1 aliphatic rings. The summed E-state index contributed by atoms with van der Waals surface area (Å²) in [4.78, 5) is 8.51. The van der Waals surface area contributed by atoms with Gasteiger partial charge in [-0.15, -0.1) is 0 Å². The average Bonchev–Trinajstić information content (AvgIpc) is 2.66. The van der Waals surface area contributed by atoms with E-state index in [0.717, 1.165) is 22.7 Å². The van der Waals surface area contributed by atoms with Crippen LogP contribution in [0.25, 0.3) is 0 Å². The zero-order chi connectivity index (χ0) is 17.9. The highest BCUT2D eigenvalue weighted by Gasteiger charge is 2.14. The van der Waals surface area contributed by atoms with Crippen LogP contribution in [-0.4, -0.2) is 23.2 Å².